The minimum Gasteiger partial charge on any atom is -0.495 e. The van der Waals surface area contributed by atoms with Gasteiger partial charge in [-0.3, -0.25) is 72.1 Å². The van der Waals surface area contributed by atoms with Gasteiger partial charge in [-0.2, -0.15) is 0 Å². The smallest absolute Gasteiger partial charge is 0.307 e. The molecular formula is C62H82N14O18. The third-order valence-electron chi connectivity index (χ3n) is 14.3. The highest BCUT2D eigenvalue weighted by atomic mass is 16.5. The SMILES string of the molecule is CCOC(=O)CCNC(=O)c1cc(C(=O)NC)c(OC)c(C(=O)NCCN(CCNC(=O)c2cc(C(=O)NC)cc(C(=O)NC)c2OC)CCN(CCNC(=O)c2cc(C(=O)NC)cc(C(=O)NC)c2OC)CCNC(=O)c2cc(C(=O)NC)cc(C(=O)NC)c2OC)c1. The van der Waals surface area contributed by atoms with Gasteiger partial charge in [0.1, 0.15) is 23.0 Å². The fraction of sp³-hybridized carbons (Fsp3) is 0.403. The number of methoxy groups -OCH3 is 4. The second-order valence-electron chi connectivity index (χ2n) is 20.0. The van der Waals surface area contributed by atoms with Crippen molar-refractivity contribution in [2.75, 3.05) is 156 Å². The van der Waals surface area contributed by atoms with E-state index in [1.807, 2.05) is 9.80 Å². The van der Waals surface area contributed by atoms with Crippen LogP contribution in [0.1, 0.15) is 138 Å². The van der Waals surface area contributed by atoms with Gasteiger partial charge >= 0.3 is 5.97 Å². The standard InChI is InChI=1S/C62H82N14O18/c1-13-94-46(77)14-15-70-54(81)37-32-41(58(85)69-8)50(93-12)45(33-37)62(89)74-19-23-76(22-18-73-61(88)44-31-36(53(80)65-4)28-40(49(44)92-11)57(84)68-7)25-24-75(20-16-71-59(86)42-29-34(51(78)63-2)26-38(47(42)90-9)55(82)66-5)21-17-72-60(87)43-30-35(52(79)64-3)27-39(48(43)91-10)56(83)67-6/h26-33H,13-25H2,1-12H3,(H,63,78)(H,64,79)(H,65,80)(H,66,82)(H,67,83)(H,68,84)(H,69,85)(H,70,81)(H,71,86)(H,72,87)(H,73,88)(H,74,89). The molecule has 0 aromatic heterocycles. The summed E-state index contributed by atoms with van der Waals surface area (Å²) in [5, 5.41) is 31.1. The Morgan fingerprint density at radius 2 is 0.511 bits per heavy atom. The normalized spacial score (nSPS) is 10.6. The van der Waals surface area contributed by atoms with Crippen LogP contribution in [0.5, 0.6) is 23.0 Å². The van der Waals surface area contributed by atoms with Crippen molar-refractivity contribution in [3.63, 3.8) is 0 Å². The molecule has 0 aliphatic rings. The number of nitrogens with one attached hydrogen (secondary N) is 12. The van der Waals surface area contributed by atoms with Crippen LogP contribution in [0.3, 0.4) is 0 Å². The van der Waals surface area contributed by atoms with Crippen LogP contribution < -0.4 is 82.7 Å². The molecular weight excluding hydrogens is 1230 g/mol. The molecule has 0 heterocycles. The summed E-state index contributed by atoms with van der Waals surface area (Å²) in [6.45, 7) is 1.60. The van der Waals surface area contributed by atoms with Crippen LogP contribution in [0, 0.1) is 0 Å². The molecule has 12 amide bonds. The van der Waals surface area contributed by atoms with Crippen molar-refractivity contribution >= 4 is 76.9 Å². The van der Waals surface area contributed by atoms with Crippen LogP contribution in [-0.2, 0) is 9.53 Å². The van der Waals surface area contributed by atoms with Gasteiger partial charge in [-0.1, -0.05) is 0 Å². The van der Waals surface area contributed by atoms with Crippen molar-refractivity contribution in [1.82, 2.24) is 73.6 Å². The van der Waals surface area contributed by atoms with Crippen LogP contribution in [-0.4, -0.2) is 243 Å². The number of benzene rings is 4. The fourth-order valence-electron chi connectivity index (χ4n) is 9.50. The summed E-state index contributed by atoms with van der Waals surface area (Å²) in [6, 6.07) is 10.1. The minimum atomic E-state index is -0.778. The number of rotatable bonds is 35. The van der Waals surface area contributed by atoms with E-state index in [4.69, 9.17) is 23.7 Å². The second-order valence-corrected chi connectivity index (χ2v) is 20.0. The van der Waals surface area contributed by atoms with Crippen LogP contribution in [0.4, 0.5) is 0 Å². The lowest BCUT2D eigenvalue weighted by molar-refractivity contribution is -0.142. The molecule has 12 N–H and O–H groups in total. The molecule has 0 spiro atoms. The lowest BCUT2D eigenvalue weighted by Crippen LogP contribution is -2.46. The van der Waals surface area contributed by atoms with Crippen molar-refractivity contribution < 1.29 is 86.0 Å². The van der Waals surface area contributed by atoms with Crippen molar-refractivity contribution in [3.05, 3.63) is 115 Å². The monoisotopic (exact) mass is 1310 g/mol. The van der Waals surface area contributed by atoms with Gasteiger partial charge < -0.3 is 87.5 Å². The van der Waals surface area contributed by atoms with Crippen molar-refractivity contribution in [2.45, 2.75) is 13.3 Å². The maximum Gasteiger partial charge on any atom is 0.307 e. The molecule has 0 saturated heterocycles. The predicted octanol–water partition coefficient (Wildman–Crippen LogP) is -1.46. The van der Waals surface area contributed by atoms with Crippen molar-refractivity contribution in [3.8, 4) is 23.0 Å². The van der Waals surface area contributed by atoms with E-state index in [1.54, 1.807) is 6.92 Å². The summed E-state index contributed by atoms with van der Waals surface area (Å²) in [7, 11) is 14.5. The number of nitrogens with zero attached hydrogens (tertiary/aromatic N) is 2. The second kappa shape index (κ2) is 37.4. The number of amides is 12. The molecule has 32 nitrogen and oxygen atoms in total. The summed E-state index contributed by atoms with van der Waals surface area (Å²) in [4.78, 5) is 177. The molecule has 32 heteroatoms. The maximum absolute atomic E-state index is 14.3. The van der Waals surface area contributed by atoms with E-state index in [0.29, 0.717) is 0 Å². The average molecular weight is 1310 g/mol. The molecule has 0 aliphatic carbocycles. The van der Waals surface area contributed by atoms with Gasteiger partial charge in [-0.25, -0.2) is 0 Å². The summed E-state index contributed by atoms with van der Waals surface area (Å²) in [6.07, 6.45) is -0.156. The number of ether oxygens (including phenoxy) is 5. The zero-order chi connectivity index (χ0) is 69.8. The minimum absolute atomic E-state index is 0.0184. The van der Waals surface area contributed by atoms with Gasteiger partial charge in [-0.05, 0) is 55.5 Å². The Labute approximate surface area is 542 Å². The molecule has 4 aromatic rings. The first-order valence-corrected chi connectivity index (χ1v) is 29.4. The number of hydrogen-bond acceptors (Lipinski definition) is 20. The highest BCUT2D eigenvalue weighted by molar-refractivity contribution is 6.11. The third-order valence-corrected chi connectivity index (χ3v) is 14.3. The van der Waals surface area contributed by atoms with Gasteiger partial charge in [-0.15, -0.1) is 0 Å². The van der Waals surface area contributed by atoms with Crippen LogP contribution in [0.2, 0.25) is 0 Å². The fourth-order valence-corrected chi connectivity index (χ4v) is 9.50. The molecule has 0 radical (unpaired) electrons. The predicted molar refractivity (Wildman–Crippen MR) is 342 cm³/mol. The van der Waals surface area contributed by atoms with Gasteiger partial charge in [0.2, 0.25) is 0 Å². The number of carbonyl (C=O) groups is 13. The highest BCUT2D eigenvalue weighted by Gasteiger charge is 2.29. The molecule has 0 atom stereocenters. The maximum atomic E-state index is 14.3. The molecule has 0 unspecified atom stereocenters. The van der Waals surface area contributed by atoms with E-state index in [9.17, 15) is 62.3 Å². The summed E-state index contributed by atoms with van der Waals surface area (Å²) in [5.41, 5.74) is -1.28. The van der Waals surface area contributed by atoms with Gasteiger partial charge in [0.05, 0.1) is 86.0 Å². The number of carbonyl (C=O) groups excluding carboxylic acids is 13. The van der Waals surface area contributed by atoms with E-state index in [0.717, 1.165) is 0 Å². The molecule has 0 saturated carbocycles. The van der Waals surface area contributed by atoms with Gasteiger partial charge in [0, 0.05) is 144 Å². The number of esters is 1. The largest absolute Gasteiger partial charge is 0.495 e. The Balaban J connectivity index is 1.77. The molecule has 0 fully saturated rings. The summed E-state index contributed by atoms with van der Waals surface area (Å²) >= 11 is 0. The topological polar surface area (TPSA) is 419 Å². The van der Waals surface area contributed by atoms with E-state index in [2.05, 4.69) is 63.8 Å². The van der Waals surface area contributed by atoms with E-state index < -0.39 is 76.9 Å². The Kier molecular flexibility index (Phi) is 30.1. The summed E-state index contributed by atoms with van der Waals surface area (Å²) in [5.74, 6) is -9.21. The lowest BCUT2D eigenvalue weighted by Gasteiger charge is -2.28. The molecule has 4 rings (SSSR count). The molecule has 0 bridgehead atoms. The zero-order valence-electron chi connectivity index (χ0n) is 54.6. The lowest BCUT2D eigenvalue weighted by atomic mass is 10.0. The molecule has 508 valence electrons. The van der Waals surface area contributed by atoms with Crippen molar-refractivity contribution in [2.24, 2.45) is 0 Å². The van der Waals surface area contributed by atoms with Crippen molar-refractivity contribution in [1.29, 1.82) is 0 Å². The summed E-state index contributed by atoms with van der Waals surface area (Å²) < 4.78 is 27.1. The average Bonchev–Trinajstić information content (AvgIpc) is 0.846. The van der Waals surface area contributed by atoms with Crippen LogP contribution in [0.25, 0.3) is 0 Å². The van der Waals surface area contributed by atoms with Crippen LogP contribution >= 0.6 is 0 Å². The first kappa shape index (κ1) is 75.6. The quantitative estimate of drug-likeness (QED) is 0.0234. The van der Waals surface area contributed by atoms with Crippen LogP contribution in [0.15, 0.2) is 48.5 Å². The molecule has 4 aromatic carbocycles. The first-order valence-electron chi connectivity index (χ1n) is 29.4. The van der Waals surface area contributed by atoms with E-state index >= 15 is 0 Å². The Bertz CT molecular complexity index is 3400. The Hall–Kier alpha value is -10.9. The first-order chi connectivity index (χ1) is 45.0. The number of hydrogen-bond donors (Lipinski definition) is 12. The van der Waals surface area contributed by atoms with E-state index in [-0.39, 0.29) is 175 Å². The molecule has 0 aliphatic heterocycles. The third kappa shape index (κ3) is 20.1. The Morgan fingerprint density at radius 3 is 0.723 bits per heavy atom. The highest BCUT2D eigenvalue weighted by Crippen LogP contribution is 2.30. The zero-order valence-corrected chi connectivity index (χ0v) is 54.6. The van der Waals surface area contributed by atoms with Gasteiger partial charge in [0.25, 0.3) is 70.9 Å². The van der Waals surface area contributed by atoms with E-state index in [1.165, 1.54) is 126 Å². The van der Waals surface area contributed by atoms with Gasteiger partial charge in [0.15, 0.2) is 0 Å². The Morgan fingerprint density at radius 1 is 0.298 bits per heavy atom. The molecule has 94 heavy (non-hydrogen) atoms.